The first-order valence-corrected chi connectivity index (χ1v) is 11.9. The van der Waals surface area contributed by atoms with Crippen molar-refractivity contribution in [1.29, 1.82) is 0 Å². The topological polar surface area (TPSA) is 97.3 Å². The number of ether oxygens (including phenoxy) is 3. The summed E-state index contributed by atoms with van der Waals surface area (Å²) in [5.41, 5.74) is 2.47. The lowest BCUT2D eigenvalue weighted by Gasteiger charge is -2.30. The van der Waals surface area contributed by atoms with Gasteiger partial charge in [-0.2, -0.15) is 0 Å². The smallest absolute Gasteiger partial charge is 0.234 e. The van der Waals surface area contributed by atoms with E-state index >= 15 is 0 Å². The summed E-state index contributed by atoms with van der Waals surface area (Å²) < 4.78 is 16.9. The second-order valence-electron chi connectivity index (χ2n) is 9.29. The molecule has 2 N–H and O–H groups in total. The van der Waals surface area contributed by atoms with Crippen molar-refractivity contribution in [2.75, 3.05) is 27.9 Å². The highest BCUT2D eigenvalue weighted by atomic mass is 16.5. The lowest BCUT2D eigenvalue weighted by Crippen LogP contribution is -2.45. The van der Waals surface area contributed by atoms with Gasteiger partial charge in [-0.15, -0.1) is 0 Å². The minimum Gasteiger partial charge on any atom is -0.504 e. The maximum atomic E-state index is 13.1. The first kappa shape index (κ1) is 26.3. The van der Waals surface area contributed by atoms with E-state index in [0.29, 0.717) is 41.2 Å². The number of carbonyl (C=O) groups excluding carboxylic acids is 1. The standard InChI is InChI=1S/C27H36N2O6/c1-15(2)29(16(3)4)14-24(32)28-20-10-8-17-12-23(33-5)26(34-6)27(35-7)25(17)18-9-11-21(30)22(31)13-19(18)20/h9,11-13,15-16,20H,8,10,14H2,1-7H3,(H,28,32)(H,30,31)/t20-/m0/s1. The van der Waals surface area contributed by atoms with Gasteiger partial charge in [0, 0.05) is 17.6 Å². The van der Waals surface area contributed by atoms with E-state index in [2.05, 4.69) is 37.9 Å². The SMILES string of the molecule is COc1cc2c(c(OC)c1OC)-c1ccc(O)c(=O)cc1[C@@H](NC(=O)CN(C(C)C)C(C)C)CC2. The predicted molar refractivity (Wildman–Crippen MR) is 136 cm³/mol. The monoisotopic (exact) mass is 484 g/mol. The fraction of sp³-hybridized carbons (Fsp3) is 0.481. The maximum absolute atomic E-state index is 13.1. The number of nitrogens with one attached hydrogen (secondary N) is 1. The molecule has 1 atom stereocenters. The summed E-state index contributed by atoms with van der Waals surface area (Å²) in [5.74, 6) is 0.947. The highest BCUT2D eigenvalue weighted by Gasteiger charge is 2.30. The Kier molecular flexibility index (Phi) is 8.27. The molecule has 0 spiro atoms. The number of aryl methyl sites for hydroxylation is 1. The number of methoxy groups -OCH3 is 3. The Morgan fingerprint density at radius 1 is 1.06 bits per heavy atom. The highest BCUT2D eigenvalue weighted by Crippen LogP contribution is 2.50. The Morgan fingerprint density at radius 2 is 1.71 bits per heavy atom. The molecule has 0 bridgehead atoms. The maximum Gasteiger partial charge on any atom is 0.234 e. The van der Waals surface area contributed by atoms with Gasteiger partial charge in [-0.1, -0.05) is 6.07 Å². The van der Waals surface area contributed by atoms with E-state index in [-0.39, 0.29) is 30.3 Å². The van der Waals surface area contributed by atoms with Gasteiger partial charge in [0.1, 0.15) is 0 Å². The molecule has 8 heteroatoms. The fourth-order valence-corrected chi connectivity index (χ4v) is 4.82. The number of fused-ring (bicyclic) bond motifs is 3. The lowest BCUT2D eigenvalue weighted by molar-refractivity contribution is -0.124. The minimum atomic E-state index is -0.514. The zero-order valence-electron chi connectivity index (χ0n) is 21.6. The number of nitrogens with zero attached hydrogens (tertiary/aromatic N) is 1. The molecular weight excluding hydrogens is 448 g/mol. The average Bonchev–Trinajstić information content (AvgIpc) is 3.05. The van der Waals surface area contributed by atoms with E-state index in [0.717, 1.165) is 11.1 Å². The summed E-state index contributed by atoms with van der Waals surface area (Å²) in [6, 6.07) is 6.35. The Morgan fingerprint density at radius 3 is 2.29 bits per heavy atom. The molecule has 0 saturated heterocycles. The van der Waals surface area contributed by atoms with Crippen molar-refractivity contribution >= 4 is 5.91 Å². The normalized spacial score (nSPS) is 14.9. The van der Waals surface area contributed by atoms with Crippen LogP contribution in [-0.4, -0.2) is 55.9 Å². The van der Waals surface area contributed by atoms with E-state index in [1.54, 1.807) is 20.3 Å². The van der Waals surface area contributed by atoms with Gasteiger partial charge >= 0.3 is 0 Å². The van der Waals surface area contributed by atoms with Crippen LogP contribution in [0.1, 0.15) is 51.3 Å². The predicted octanol–water partition coefficient (Wildman–Crippen LogP) is 3.67. The number of hydrogen-bond donors (Lipinski definition) is 2. The third-order valence-electron chi connectivity index (χ3n) is 6.50. The van der Waals surface area contributed by atoms with E-state index < -0.39 is 11.5 Å². The number of amides is 1. The first-order chi connectivity index (χ1) is 16.6. The van der Waals surface area contributed by atoms with Crippen molar-refractivity contribution in [3.05, 3.63) is 45.6 Å². The molecule has 2 aromatic rings. The molecule has 8 nitrogen and oxygen atoms in total. The molecule has 35 heavy (non-hydrogen) atoms. The van der Waals surface area contributed by atoms with Gasteiger partial charge in [-0.05, 0) is 75.4 Å². The molecule has 190 valence electrons. The number of aromatic hydroxyl groups is 1. The van der Waals surface area contributed by atoms with Crippen molar-refractivity contribution in [3.63, 3.8) is 0 Å². The molecule has 0 heterocycles. The summed E-state index contributed by atoms with van der Waals surface area (Å²) in [4.78, 5) is 27.9. The van der Waals surface area contributed by atoms with Gasteiger partial charge in [0.25, 0.3) is 0 Å². The van der Waals surface area contributed by atoms with Crippen LogP contribution in [0.25, 0.3) is 11.1 Å². The van der Waals surface area contributed by atoms with Crippen LogP contribution in [0.4, 0.5) is 0 Å². The summed E-state index contributed by atoms with van der Waals surface area (Å²) in [7, 11) is 4.65. The van der Waals surface area contributed by atoms with Crippen molar-refractivity contribution in [2.24, 2.45) is 0 Å². The molecule has 3 rings (SSSR count). The van der Waals surface area contributed by atoms with Crippen LogP contribution in [-0.2, 0) is 11.2 Å². The molecule has 0 unspecified atom stereocenters. The number of hydrogen-bond acceptors (Lipinski definition) is 7. The summed E-state index contributed by atoms with van der Waals surface area (Å²) in [6.07, 6.45) is 1.16. The van der Waals surface area contributed by atoms with Gasteiger partial charge in [-0.3, -0.25) is 14.5 Å². The van der Waals surface area contributed by atoms with Crippen LogP contribution in [0.5, 0.6) is 23.0 Å². The van der Waals surface area contributed by atoms with Crippen LogP contribution >= 0.6 is 0 Å². The Balaban J connectivity index is 2.17. The molecular formula is C27H36N2O6. The molecule has 0 aliphatic heterocycles. The Bertz CT molecular complexity index is 1140. The second-order valence-corrected chi connectivity index (χ2v) is 9.29. The van der Waals surface area contributed by atoms with Crippen LogP contribution in [0.3, 0.4) is 0 Å². The number of carbonyl (C=O) groups is 1. The molecule has 1 amide bonds. The molecule has 0 radical (unpaired) electrons. The van der Waals surface area contributed by atoms with Crippen molar-refractivity contribution < 1.29 is 24.1 Å². The molecule has 0 aromatic heterocycles. The first-order valence-electron chi connectivity index (χ1n) is 11.9. The largest absolute Gasteiger partial charge is 0.504 e. The second kappa shape index (κ2) is 11.0. The molecule has 0 fully saturated rings. The summed E-state index contributed by atoms with van der Waals surface area (Å²) >= 11 is 0. The van der Waals surface area contributed by atoms with Gasteiger partial charge in [-0.25, -0.2) is 0 Å². The van der Waals surface area contributed by atoms with Crippen molar-refractivity contribution in [3.8, 4) is 34.1 Å². The van der Waals surface area contributed by atoms with Gasteiger partial charge in [0.15, 0.2) is 17.2 Å². The van der Waals surface area contributed by atoms with E-state index in [4.69, 9.17) is 14.2 Å². The van der Waals surface area contributed by atoms with Gasteiger partial charge in [0.05, 0.1) is 33.9 Å². The van der Waals surface area contributed by atoms with Crippen LogP contribution < -0.4 is 25.0 Å². The quantitative estimate of drug-likeness (QED) is 0.590. The van der Waals surface area contributed by atoms with Gasteiger partial charge < -0.3 is 24.6 Å². The summed E-state index contributed by atoms with van der Waals surface area (Å²) in [5, 5.41) is 13.3. The van der Waals surface area contributed by atoms with E-state index in [1.807, 2.05) is 6.07 Å². The molecule has 1 aliphatic rings. The highest BCUT2D eigenvalue weighted by molar-refractivity contribution is 5.84. The van der Waals surface area contributed by atoms with Crippen LogP contribution in [0.15, 0.2) is 29.1 Å². The third-order valence-corrected chi connectivity index (χ3v) is 6.50. The van der Waals surface area contributed by atoms with E-state index in [1.165, 1.54) is 19.2 Å². The van der Waals surface area contributed by atoms with Crippen LogP contribution in [0, 0.1) is 0 Å². The molecule has 0 saturated carbocycles. The Labute approximate surface area is 206 Å². The third kappa shape index (κ3) is 5.37. The molecule has 2 aromatic carbocycles. The molecule has 1 aliphatic carbocycles. The van der Waals surface area contributed by atoms with Gasteiger partial charge in [0.2, 0.25) is 17.1 Å². The lowest BCUT2D eigenvalue weighted by atomic mass is 9.95. The summed E-state index contributed by atoms with van der Waals surface area (Å²) in [6.45, 7) is 8.48. The van der Waals surface area contributed by atoms with Crippen LogP contribution in [0.2, 0.25) is 0 Å². The zero-order chi connectivity index (χ0) is 25.9. The van der Waals surface area contributed by atoms with E-state index in [9.17, 15) is 14.7 Å². The van der Waals surface area contributed by atoms with Crippen molar-refractivity contribution in [1.82, 2.24) is 10.2 Å². The zero-order valence-corrected chi connectivity index (χ0v) is 21.6. The number of rotatable bonds is 8. The fourth-order valence-electron chi connectivity index (χ4n) is 4.82. The minimum absolute atomic E-state index is 0.125. The average molecular weight is 485 g/mol. The number of benzene rings is 1. The Hall–Kier alpha value is -3.26. The van der Waals surface area contributed by atoms with Crippen molar-refractivity contribution in [2.45, 2.75) is 58.7 Å².